The predicted molar refractivity (Wildman–Crippen MR) is 107 cm³/mol. The molecule has 2 atom stereocenters. The van der Waals surface area contributed by atoms with Crippen molar-refractivity contribution in [1.82, 2.24) is 15.5 Å². The number of carbonyl (C=O) groups is 2. The van der Waals surface area contributed by atoms with Crippen LogP contribution in [0, 0.1) is 0 Å². The molecule has 6 nitrogen and oxygen atoms in total. The molecule has 150 valence electrons. The van der Waals surface area contributed by atoms with Gasteiger partial charge in [-0.25, -0.2) is 4.79 Å². The van der Waals surface area contributed by atoms with Gasteiger partial charge in [0, 0.05) is 19.0 Å². The first-order chi connectivity index (χ1) is 12.8. The molecule has 0 bridgehead atoms. The molecular formula is C21H33N3O3. The molecule has 1 aromatic carbocycles. The Labute approximate surface area is 162 Å². The highest BCUT2D eigenvalue weighted by Gasteiger charge is 2.27. The number of alkyl carbamates (subject to hydrolysis) is 1. The zero-order valence-corrected chi connectivity index (χ0v) is 17.0. The summed E-state index contributed by atoms with van der Waals surface area (Å²) in [6.45, 7) is 10.2. The average molecular weight is 376 g/mol. The Kier molecular flexibility index (Phi) is 7.66. The highest BCUT2D eigenvalue weighted by Crippen LogP contribution is 2.15. The lowest BCUT2D eigenvalue weighted by Crippen LogP contribution is -2.51. The molecule has 1 fully saturated rings. The van der Waals surface area contributed by atoms with E-state index in [1.54, 1.807) is 20.8 Å². The van der Waals surface area contributed by atoms with Crippen molar-refractivity contribution >= 4 is 12.0 Å². The lowest BCUT2D eigenvalue weighted by atomic mass is 10.1. The summed E-state index contributed by atoms with van der Waals surface area (Å²) in [6, 6.07) is 9.39. The van der Waals surface area contributed by atoms with Crippen LogP contribution in [0.25, 0.3) is 0 Å². The number of nitrogens with zero attached hydrogens (tertiary/aromatic N) is 1. The summed E-state index contributed by atoms with van der Waals surface area (Å²) < 4.78 is 5.33. The molecule has 0 saturated carbocycles. The van der Waals surface area contributed by atoms with Crippen molar-refractivity contribution in [3.8, 4) is 0 Å². The molecule has 0 radical (unpaired) electrons. The minimum atomic E-state index is -0.668. The largest absolute Gasteiger partial charge is 0.444 e. The van der Waals surface area contributed by atoms with E-state index in [0.717, 1.165) is 31.5 Å². The molecule has 27 heavy (non-hydrogen) atoms. The smallest absolute Gasteiger partial charge is 0.408 e. The van der Waals surface area contributed by atoms with Gasteiger partial charge in [-0.15, -0.1) is 0 Å². The van der Waals surface area contributed by atoms with E-state index >= 15 is 0 Å². The van der Waals surface area contributed by atoms with Crippen molar-refractivity contribution in [2.24, 2.45) is 0 Å². The van der Waals surface area contributed by atoms with Gasteiger partial charge < -0.3 is 15.4 Å². The van der Waals surface area contributed by atoms with Gasteiger partial charge in [0.2, 0.25) is 5.91 Å². The van der Waals surface area contributed by atoms with Crippen LogP contribution in [0.1, 0.15) is 46.1 Å². The lowest BCUT2D eigenvalue weighted by Gasteiger charge is -2.26. The van der Waals surface area contributed by atoms with Crippen molar-refractivity contribution in [2.45, 2.75) is 64.6 Å². The first-order valence-corrected chi connectivity index (χ1v) is 9.83. The van der Waals surface area contributed by atoms with E-state index in [0.29, 0.717) is 19.0 Å². The van der Waals surface area contributed by atoms with Crippen LogP contribution in [0.5, 0.6) is 0 Å². The first kappa shape index (κ1) is 21.2. The Morgan fingerprint density at radius 1 is 1.26 bits per heavy atom. The summed E-state index contributed by atoms with van der Waals surface area (Å²) in [5.74, 6) is -0.173. The molecule has 1 aliphatic heterocycles. The number of amides is 2. The van der Waals surface area contributed by atoms with Gasteiger partial charge in [-0.2, -0.15) is 0 Å². The maximum Gasteiger partial charge on any atom is 0.408 e. The number of likely N-dealkylation sites (N-methyl/N-ethyl adjacent to an activating group) is 1. The number of hydrogen-bond donors (Lipinski definition) is 2. The molecule has 0 aromatic heterocycles. The van der Waals surface area contributed by atoms with Crippen LogP contribution in [-0.2, 0) is 16.0 Å². The van der Waals surface area contributed by atoms with Crippen LogP contribution in [0.4, 0.5) is 4.79 Å². The van der Waals surface area contributed by atoms with E-state index in [1.165, 1.54) is 0 Å². The quantitative estimate of drug-likeness (QED) is 0.769. The Bertz CT molecular complexity index is 613. The lowest BCUT2D eigenvalue weighted by molar-refractivity contribution is -0.123. The molecule has 0 spiro atoms. The van der Waals surface area contributed by atoms with Gasteiger partial charge in [0.25, 0.3) is 0 Å². The zero-order chi connectivity index (χ0) is 19.9. The van der Waals surface area contributed by atoms with E-state index in [9.17, 15) is 9.59 Å². The van der Waals surface area contributed by atoms with Crippen molar-refractivity contribution in [3.63, 3.8) is 0 Å². The molecule has 1 aliphatic rings. The van der Waals surface area contributed by atoms with Gasteiger partial charge in [-0.3, -0.25) is 9.69 Å². The van der Waals surface area contributed by atoms with Gasteiger partial charge in [0.15, 0.2) is 0 Å². The van der Waals surface area contributed by atoms with Gasteiger partial charge in [0.1, 0.15) is 11.6 Å². The van der Waals surface area contributed by atoms with Crippen molar-refractivity contribution < 1.29 is 14.3 Å². The van der Waals surface area contributed by atoms with E-state index in [4.69, 9.17) is 4.74 Å². The number of nitrogens with one attached hydrogen (secondary N) is 2. The number of likely N-dealkylation sites (tertiary alicyclic amines) is 1. The summed E-state index contributed by atoms with van der Waals surface area (Å²) in [6.07, 6.45) is 2.11. The SMILES string of the molecule is CCN1CCCC1CNC(=O)[C@H](Cc1ccccc1)NC(=O)OC(C)(C)C. The maximum absolute atomic E-state index is 12.8. The highest BCUT2D eigenvalue weighted by molar-refractivity contribution is 5.86. The minimum Gasteiger partial charge on any atom is -0.444 e. The zero-order valence-electron chi connectivity index (χ0n) is 17.0. The van der Waals surface area contributed by atoms with E-state index in [-0.39, 0.29) is 5.91 Å². The number of hydrogen-bond acceptors (Lipinski definition) is 4. The highest BCUT2D eigenvalue weighted by atomic mass is 16.6. The topological polar surface area (TPSA) is 70.7 Å². The van der Waals surface area contributed by atoms with Crippen LogP contribution in [0.2, 0.25) is 0 Å². The third-order valence-electron chi connectivity index (χ3n) is 4.71. The average Bonchev–Trinajstić information content (AvgIpc) is 3.06. The van der Waals surface area contributed by atoms with Gasteiger partial charge in [-0.1, -0.05) is 37.3 Å². The summed E-state index contributed by atoms with van der Waals surface area (Å²) in [7, 11) is 0. The fourth-order valence-corrected chi connectivity index (χ4v) is 3.39. The Balaban J connectivity index is 1.99. The molecule has 6 heteroatoms. The van der Waals surface area contributed by atoms with E-state index in [1.807, 2.05) is 30.3 Å². The maximum atomic E-state index is 12.8. The summed E-state index contributed by atoms with van der Waals surface area (Å²) in [5.41, 5.74) is 0.383. The fourth-order valence-electron chi connectivity index (χ4n) is 3.39. The molecule has 1 saturated heterocycles. The van der Waals surface area contributed by atoms with Crippen LogP contribution in [-0.4, -0.2) is 54.2 Å². The molecule has 1 aromatic rings. The number of benzene rings is 1. The normalized spacial score (nSPS) is 18.7. The van der Waals surface area contributed by atoms with E-state index in [2.05, 4.69) is 22.5 Å². The summed E-state index contributed by atoms with van der Waals surface area (Å²) >= 11 is 0. The molecule has 2 rings (SSSR count). The molecule has 2 amide bonds. The Hall–Kier alpha value is -2.08. The Morgan fingerprint density at radius 3 is 2.59 bits per heavy atom. The summed E-state index contributed by atoms with van der Waals surface area (Å²) in [5, 5.41) is 5.76. The van der Waals surface area contributed by atoms with Gasteiger partial charge in [0.05, 0.1) is 0 Å². The molecule has 1 heterocycles. The van der Waals surface area contributed by atoms with Crippen LogP contribution in [0.15, 0.2) is 30.3 Å². The minimum absolute atomic E-state index is 0.173. The second-order valence-corrected chi connectivity index (χ2v) is 8.06. The second kappa shape index (κ2) is 9.74. The number of carbonyl (C=O) groups excluding carboxylic acids is 2. The summed E-state index contributed by atoms with van der Waals surface area (Å²) in [4.78, 5) is 27.4. The molecule has 2 N–H and O–H groups in total. The Morgan fingerprint density at radius 2 is 1.96 bits per heavy atom. The molecular weight excluding hydrogens is 342 g/mol. The van der Waals surface area contributed by atoms with Gasteiger partial charge in [-0.05, 0) is 52.3 Å². The van der Waals surface area contributed by atoms with Crippen molar-refractivity contribution in [2.75, 3.05) is 19.6 Å². The van der Waals surface area contributed by atoms with Gasteiger partial charge >= 0.3 is 6.09 Å². The predicted octanol–water partition coefficient (Wildman–Crippen LogP) is 2.72. The molecule has 1 unspecified atom stereocenters. The monoisotopic (exact) mass is 375 g/mol. The van der Waals surface area contributed by atoms with Crippen LogP contribution in [0.3, 0.4) is 0 Å². The standard InChI is InChI=1S/C21H33N3O3/c1-5-24-13-9-12-17(24)15-22-19(25)18(14-16-10-7-6-8-11-16)23-20(26)27-21(2,3)4/h6-8,10-11,17-18H,5,9,12-15H2,1-4H3,(H,22,25)(H,23,26)/t17?,18-/m0/s1. The number of ether oxygens (including phenoxy) is 1. The van der Waals surface area contributed by atoms with E-state index < -0.39 is 17.7 Å². The third-order valence-corrected chi connectivity index (χ3v) is 4.71. The third kappa shape index (κ3) is 7.21. The van der Waals surface area contributed by atoms with Crippen molar-refractivity contribution in [3.05, 3.63) is 35.9 Å². The fraction of sp³-hybridized carbons (Fsp3) is 0.619. The number of rotatable bonds is 7. The van der Waals surface area contributed by atoms with Crippen LogP contribution < -0.4 is 10.6 Å². The second-order valence-electron chi connectivity index (χ2n) is 8.06. The molecule has 0 aliphatic carbocycles. The van der Waals surface area contributed by atoms with Crippen LogP contribution >= 0.6 is 0 Å². The van der Waals surface area contributed by atoms with Crippen molar-refractivity contribution in [1.29, 1.82) is 0 Å². The first-order valence-electron chi connectivity index (χ1n) is 9.83.